The lowest BCUT2D eigenvalue weighted by Crippen LogP contribution is -2.20. The first-order chi connectivity index (χ1) is 11.8. The Hall–Kier alpha value is -2.21. The standard InChI is InChI=1S/C19H21N3OS/c20-10-15-9-19(24-14-15)23-7-6-21-11-16-8-18(13-22-12-16)17-4-2-1-3-5-17/h1-5,8-9,12-14,21H,6-7,10-11,20H2. The number of nitrogens with one attached hydrogen (secondary N) is 1. The van der Waals surface area contributed by atoms with E-state index < -0.39 is 0 Å². The van der Waals surface area contributed by atoms with Crippen molar-refractivity contribution in [1.29, 1.82) is 0 Å². The van der Waals surface area contributed by atoms with Crippen LogP contribution in [0.15, 0.2) is 60.2 Å². The molecule has 0 aliphatic rings. The summed E-state index contributed by atoms with van der Waals surface area (Å²) in [7, 11) is 0. The van der Waals surface area contributed by atoms with Gasteiger partial charge in [-0.2, -0.15) is 0 Å². The third-order valence-corrected chi connectivity index (χ3v) is 4.51. The van der Waals surface area contributed by atoms with Crippen LogP contribution in [0.5, 0.6) is 5.06 Å². The zero-order valence-electron chi connectivity index (χ0n) is 13.4. The van der Waals surface area contributed by atoms with E-state index in [2.05, 4.69) is 28.5 Å². The van der Waals surface area contributed by atoms with Gasteiger partial charge in [0.25, 0.3) is 0 Å². The zero-order chi connectivity index (χ0) is 16.6. The second-order valence-corrected chi connectivity index (χ2v) is 6.33. The van der Waals surface area contributed by atoms with Gasteiger partial charge in [0.05, 0.1) is 0 Å². The number of hydrogen-bond acceptors (Lipinski definition) is 5. The molecule has 2 aromatic heterocycles. The van der Waals surface area contributed by atoms with Crippen LogP contribution in [0, 0.1) is 0 Å². The van der Waals surface area contributed by atoms with E-state index in [1.165, 1.54) is 5.56 Å². The van der Waals surface area contributed by atoms with Crippen molar-refractivity contribution >= 4 is 11.3 Å². The molecular weight excluding hydrogens is 318 g/mol. The molecule has 0 amide bonds. The van der Waals surface area contributed by atoms with Gasteiger partial charge in [-0.05, 0) is 34.2 Å². The molecule has 24 heavy (non-hydrogen) atoms. The quantitative estimate of drug-likeness (QED) is 0.617. The fourth-order valence-corrected chi connectivity index (χ4v) is 3.17. The molecule has 2 heterocycles. The van der Waals surface area contributed by atoms with Gasteiger partial charge < -0.3 is 15.8 Å². The van der Waals surface area contributed by atoms with Gasteiger partial charge in [0.15, 0.2) is 5.06 Å². The Balaban J connectivity index is 1.45. The van der Waals surface area contributed by atoms with E-state index in [0.717, 1.165) is 34.8 Å². The lowest BCUT2D eigenvalue weighted by atomic mass is 10.1. The molecule has 0 bridgehead atoms. The van der Waals surface area contributed by atoms with Crippen molar-refractivity contribution in [2.24, 2.45) is 5.73 Å². The van der Waals surface area contributed by atoms with Crippen LogP contribution in [0.1, 0.15) is 11.1 Å². The average molecular weight is 339 g/mol. The van der Waals surface area contributed by atoms with Crippen molar-refractivity contribution in [1.82, 2.24) is 10.3 Å². The number of hydrogen-bond donors (Lipinski definition) is 2. The summed E-state index contributed by atoms with van der Waals surface area (Å²) in [4.78, 5) is 4.34. The number of benzene rings is 1. The van der Waals surface area contributed by atoms with Crippen LogP contribution in [0.2, 0.25) is 0 Å². The summed E-state index contributed by atoms with van der Waals surface area (Å²) in [6.45, 7) is 2.75. The van der Waals surface area contributed by atoms with Gasteiger partial charge in [0, 0.05) is 37.6 Å². The molecule has 0 spiro atoms. The Morgan fingerprint density at radius 3 is 2.71 bits per heavy atom. The predicted molar refractivity (Wildman–Crippen MR) is 99.1 cm³/mol. The molecular formula is C19H21N3OS. The normalized spacial score (nSPS) is 10.7. The molecule has 4 nitrogen and oxygen atoms in total. The van der Waals surface area contributed by atoms with E-state index >= 15 is 0 Å². The zero-order valence-corrected chi connectivity index (χ0v) is 14.3. The second-order valence-electron chi connectivity index (χ2n) is 5.45. The van der Waals surface area contributed by atoms with Gasteiger partial charge in [-0.3, -0.25) is 4.98 Å². The van der Waals surface area contributed by atoms with Gasteiger partial charge in [-0.1, -0.05) is 30.3 Å². The summed E-state index contributed by atoms with van der Waals surface area (Å²) in [5.41, 5.74) is 10.2. The number of thiophene rings is 1. The molecule has 0 saturated heterocycles. The minimum Gasteiger partial charge on any atom is -0.483 e. The average Bonchev–Trinajstić information content (AvgIpc) is 3.10. The lowest BCUT2D eigenvalue weighted by molar-refractivity contribution is 0.322. The number of pyridine rings is 1. The minimum absolute atomic E-state index is 0.558. The Bertz CT molecular complexity index is 758. The molecule has 0 atom stereocenters. The van der Waals surface area contributed by atoms with Crippen molar-refractivity contribution in [3.63, 3.8) is 0 Å². The Kier molecular flexibility index (Phi) is 5.96. The van der Waals surface area contributed by atoms with Crippen molar-refractivity contribution in [2.75, 3.05) is 13.2 Å². The highest BCUT2D eigenvalue weighted by atomic mass is 32.1. The number of rotatable bonds is 8. The van der Waals surface area contributed by atoms with Crippen LogP contribution in [-0.2, 0) is 13.1 Å². The van der Waals surface area contributed by atoms with Crippen LogP contribution in [-0.4, -0.2) is 18.1 Å². The molecule has 3 rings (SSSR count). The number of nitrogens with zero attached hydrogens (tertiary/aromatic N) is 1. The van der Waals surface area contributed by atoms with Crippen LogP contribution < -0.4 is 15.8 Å². The second kappa shape index (κ2) is 8.59. The number of nitrogens with two attached hydrogens (primary N) is 1. The first kappa shape index (κ1) is 16.6. The summed E-state index contributed by atoms with van der Waals surface area (Å²) < 4.78 is 5.70. The molecule has 3 N–H and O–H groups in total. The molecule has 0 aliphatic heterocycles. The molecule has 5 heteroatoms. The molecule has 3 aromatic rings. The molecule has 0 radical (unpaired) electrons. The van der Waals surface area contributed by atoms with E-state index in [1.54, 1.807) is 11.3 Å². The fourth-order valence-electron chi connectivity index (χ4n) is 2.37. The first-order valence-electron chi connectivity index (χ1n) is 7.95. The Morgan fingerprint density at radius 1 is 1.04 bits per heavy atom. The third-order valence-electron chi connectivity index (χ3n) is 3.62. The van der Waals surface area contributed by atoms with Gasteiger partial charge in [0.2, 0.25) is 0 Å². The van der Waals surface area contributed by atoms with E-state index in [1.807, 2.05) is 42.0 Å². The topological polar surface area (TPSA) is 60.2 Å². The SMILES string of the molecule is NCc1csc(OCCNCc2cncc(-c3ccccc3)c2)c1. The number of ether oxygens (including phenoxy) is 1. The largest absolute Gasteiger partial charge is 0.483 e. The third kappa shape index (κ3) is 4.64. The maximum Gasteiger partial charge on any atom is 0.174 e. The van der Waals surface area contributed by atoms with Crippen LogP contribution in [0.3, 0.4) is 0 Å². The molecule has 0 unspecified atom stereocenters. The van der Waals surface area contributed by atoms with Crippen molar-refractivity contribution < 1.29 is 4.74 Å². The van der Waals surface area contributed by atoms with Gasteiger partial charge >= 0.3 is 0 Å². The summed E-state index contributed by atoms with van der Waals surface area (Å²) in [6.07, 6.45) is 3.79. The molecule has 0 fully saturated rings. The summed E-state index contributed by atoms with van der Waals surface area (Å²) >= 11 is 1.59. The van der Waals surface area contributed by atoms with E-state index in [0.29, 0.717) is 13.2 Å². The smallest absolute Gasteiger partial charge is 0.174 e. The number of aromatic nitrogens is 1. The molecule has 0 saturated carbocycles. The van der Waals surface area contributed by atoms with Crippen LogP contribution in [0.25, 0.3) is 11.1 Å². The Labute approximate surface area is 146 Å². The van der Waals surface area contributed by atoms with Crippen molar-refractivity contribution in [3.05, 3.63) is 71.4 Å². The van der Waals surface area contributed by atoms with Gasteiger partial charge in [-0.25, -0.2) is 0 Å². The molecule has 1 aromatic carbocycles. The van der Waals surface area contributed by atoms with E-state index in [4.69, 9.17) is 10.5 Å². The highest BCUT2D eigenvalue weighted by molar-refractivity contribution is 7.12. The van der Waals surface area contributed by atoms with E-state index in [-0.39, 0.29) is 0 Å². The first-order valence-corrected chi connectivity index (χ1v) is 8.83. The predicted octanol–water partition coefficient (Wildman–Crippen LogP) is 3.44. The maximum atomic E-state index is 5.70. The van der Waals surface area contributed by atoms with E-state index in [9.17, 15) is 0 Å². The van der Waals surface area contributed by atoms with Crippen LogP contribution in [0.4, 0.5) is 0 Å². The minimum atomic E-state index is 0.558. The highest BCUT2D eigenvalue weighted by Gasteiger charge is 2.01. The molecule has 124 valence electrons. The molecule has 0 aliphatic carbocycles. The van der Waals surface area contributed by atoms with Crippen molar-refractivity contribution in [2.45, 2.75) is 13.1 Å². The van der Waals surface area contributed by atoms with Gasteiger partial charge in [-0.15, -0.1) is 11.3 Å². The maximum absolute atomic E-state index is 5.70. The summed E-state index contributed by atoms with van der Waals surface area (Å²) in [5, 5.41) is 6.34. The Morgan fingerprint density at radius 2 is 1.92 bits per heavy atom. The highest BCUT2D eigenvalue weighted by Crippen LogP contribution is 2.22. The van der Waals surface area contributed by atoms with Crippen molar-refractivity contribution in [3.8, 4) is 16.2 Å². The lowest BCUT2D eigenvalue weighted by Gasteiger charge is -2.07. The monoisotopic (exact) mass is 339 g/mol. The van der Waals surface area contributed by atoms with Gasteiger partial charge in [0.1, 0.15) is 6.61 Å². The van der Waals surface area contributed by atoms with Crippen LogP contribution >= 0.6 is 11.3 Å². The summed E-state index contributed by atoms with van der Waals surface area (Å²) in [6, 6.07) is 14.5. The summed E-state index contributed by atoms with van der Waals surface area (Å²) in [5.74, 6) is 0. The fraction of sp³-hybridized carbons (Fsp3) is 0.211.